The van der Waals surface area contributed by atoms with Gasteiger partial charge in [-0.2, -0.15) is 4.98 Å². The van der Waals surface area contributed by atoms with E-state index in [0.717, 1.165) is 23.7 Å². The Hall–Kier alpha value is -2.10. The molecule has 1 aromatic carbocycles. The maximum absolute atomic E-state index is 5.84. The summed E-state index contributed by atoms with van der Waals surface area (Å²) >= 11 is 0. The van der Waals surface area contributed by atoms with Crippen molar-refractivity contribution in [3.8, 4) is 11.6 Å². The topological polar surface area (TPSA) is 47.0 Å². The van der Waals surface area contributed by atoms with Crippen molar-refractivity contribution in [2.75, 3.05) is 11.9 Å². The minimum atomic E-state index is 0.565. The SMILES string of the molecule is CCNc1cc(Oc2ccc(C)cc2C)nc(C)n1. The molecule has 0 aliphatic rings. The normalized spacial score (nSPS) is 10.3. The van der Waals surface area contributed by atoms with E-state index in [-0.39, 0.29) is 0 Å². The van der Waals surface area contributed by atoms with Crippen LogP contribution in [0.3, 0.4) is 0 Å². The zero-order valence-electron chi connectivity index (χ0n) is 11.8. The molecule has 4 nitrogen and oxygen atoms in total. The largest absolute Gasteiger partial charge is 0.439 e. The summed E-state index contributed by atoms with van der Waals surface area (Å²) in [6.07, 6.45) is 0. The highest BCUT2D eigenvalue weighted by Crippen LogP contribution is 2.25. The van der Waals surface area contributed by atoms with Crippen LogP contribution in [0.2, 0.25) is 0 Å². The molecular formula is C15H19N3O. The quantitative estimate of drug-likeness (QED) is 0.908. The number of anilines is 1. The van der Waals surface area contributed by atoms with Gasteiger partial charge >= 0.3 is 0 Å². The van der Waals surface area contributed by atoms with E-state index in [4.69, 9.17) is 4.74 Å². The summed E-state index contributed by atoms with van der Waals surface area (Å²) in [6.45, 7) is 8.80. The summed E-state index contributed by atoms with van der Waals surface area (Å²) in [5.74, 6) is 2.87. The molecule has 0 radical (unpaired) electrons. The number of aromatic nitrogens is 2. The Kier molecular flexibility index (Phi) is 4.00. The summed E-state index contributed by atoms with van der Waals surface area (Å²) in [7, 11) is 0. The van der Waals surface area contributed by atoms with Crippen molar-refractivity contribution in [3.05, 3.63) is 41.2 Å². The predicted octanol–water partition coefficient (Wildman–Crippen LogP) is 3.63. The first kappa shape index (κ1) is 13.3. The number of rotatable bonds is 4. The summed E-state index contributed by atoms with van der Waals surface area (Å²) in [5, 5.41) is 3.17. The lowest BCUT2D eigenvalue weighted by Gasteiger charge is -2.10. The fraction of sp³-hybridized carbons (Fsp3) is 0.333. The van der Waals surface area contributed by atoms with Crippen LogP contribution in [-0.4, -0.2) is 16.5 Å². The molecule has 0 spiro atoms. The molecular weight excluding hydrogens is 238 g/mol. The van der Waals surface area contributed by atoms with Crippen molar-refractivity contribution < 1.29 is 4.74 Å². The lowest BCUT2D eigenvalue weighted by atomic mass is 10.1. The molecule has 100 valence electrons. The van der Waals surface area contributed by atoms with Crippen molar-refractivity contribution in [2.24, 2.45) is 0 Å². The molecule has 2 aromatic rings. The molecule has 1 N–H and O–H groups in total. The van der Waals surface area contributed by atoms with Crippen LogP contribution in [0, 0.1) is 20.8 Å². The zero-order valence-corrected chi connectivity index (χ0v) is 11.8. The van der Waals surface area contributed by atoms with Gasteiger partial charge in [0.25, 0.3) is 0 Å². The second-order valence-electron chi connectivity index (χ2n) is 4.54. The molecule has 2 rings (SSSR count). The van der Waals surface area contributed by atoms with Gasteiger partial charge in [0.2, 0.25) is 5.88 Å². The van der Waals surface area contributed by atoms with Gasteiger partial charge in [0, 0.05) is 12.6 Å². The van der Waals surface area contributed by atoms with Crippen molar-refractivity contribution in [3.63, 3.8) is 0 Å². The van der Waals surface area contributed by atoms with Crippen molar-refractivity contribution in [2.45, 2.75) is 27.7 Å². The van der Waals surface area contributed by atoms with E-state index in [0.29, 0.717) is 11.7 Å². The van der Waals surface area contributed by atoms with E-state index >= 15 is 0 Å². The van der Waals surface area contributed by atoms with Gasteiger partial charge in [0.05, 0.1) is 0 Å². The van der Waals surface area contributed by atoms with Gasteiger partial charge in [-0.3, -0.25) is 0 Å². The zero-order chi connectivity index (χ0) is 13.8. The lowest BCUT2D eigenvalue weighted by Crippen LogP contribution is -2.02. The van der Waals surface area contributed by atoms with Gasteiger partial charge < -0.3 is 10.1 Å². The number of aryl methyl sites for hydroxylation is 3. The Morgan fingerprint density at radius 3 is 2.58 bits per heavy atom. The second-order valence-corrected chi connectivity index (χ2v) is 4.54. The first-order valence-electron chi connectivity index (χ1n) is 6.43. The average Bonchev–Trinajstić information content (AvgIpc) is 2.32. The summed E-state index contributed by atoms with van der Waals surface area (Å²) in [4.78, 5) is 8.60. The highest BCUT2D eigenvalue weighted by molar-refractivity contribution is 5.42. The van der Waals surface area contributed by atoms with Gasteiger partial charge in [-0.1, -0.05) is 17.7 Å². The number of nitrogens with zero attached hydrogens (tertiary/aromatic N) is 2. The first-order chi connectivity index (χ1) is 9.08. The van der Waals surface area contributed by atoms with Gasteiger partial charge in [0.1, 0.15) is 17.4 Å². The molecule has 0 atom stereocenters. The fourth-order valence-electron chi connectivity index (χ4n) is 1.89. The van der Waals surface area contributed by atoms with E-state index in [1.54, 1.807) is 0 Å². The number of benzene rings is 1. The number of hydrogen-bond acceptors (Lipinski definition) is 4. The predicted molar refractivity (Wildman–Crippen MR) is 76.9 cm³/mol. The maximum atomic E-state index is 5.84. The molecule has 1 heterocycles. The Bertz CT molecular complexity index is 582. The molecule has 0 saturated heterocycles. The number of ether oxygens (including phenoxy) is 1. The molecule has 19 heavy (non-hydrogen) atoms. The van der Waals surface area contributed by atoms with Crippen LogP contribution >= 0.6 is 0 Å². The third kappa shape index (κ3) is 3.44. The van der Waals surface area contributed by atoms with Crippen molar-refractivity contribution in [1.29, 1.82) is 0 Å². The standard InChI is InChI=1S/C15H19N3O/c1-5-16-14-9-15(18-12(4)17-14)19-13-7-6-10(2)8-11(13)3/h6-9H,5H2,1-4H3,(H,16,17,18). The smallest absolute Gasteiger partial charge is 0.224 e. The average molecular weight is 257 g/mol. The summed E-state index contributed by atoms with van der Waals surface area (Å²) < 4.78 is 5.84. The first-order valence-corrected chi connectivity index (χ1v) is 6.43. The molecule has 0 aliphatic carbocycles. The molecule has 0 amide bonds. The Balaban J connectivity index is 2.27. The van der Waals surface area contributed by atoms with Crippen LogP contribution in [0.5, 0.6) is 11.6 Å². The molecule has 0 aliphatic heterocycles. The van der Waals surface area contributed by atoms with E-state index in [1.165, 1.54) is 5.56 Å². The van der Waals surface area contributed by atoms with Crippen LogP contribution in [0.4, 0.5) is 5.82 Å². The number of hydrogen-bond donors (Lipinski definition) is 1. The van der Waals surface area contributed by atoms with E-state index < -0.39 is 0 Å². The van der Waals surface area contributed by atoms with E-state index in [1.807, 2.05) is 39.0 Å². The van der Waals surface area contributed by atoms with Crippen LogP contribution in [0.15, 0.2) is 24.3 Å². The summed E-state index contributed by atoms with van der Waals surface area (Å²) in [6, 6.07) is 7.90. The van der Waals surface area contributed by atoms with Gasteiger partial charge in [-0.15, -0.1) is 0 Å². The van der Waals surface area contributed by atoms with Gasteiger partial charge in [0.15, 0.2) is 0 Å². The molecule has 0 saturated carbocycles. The molecule has 0 bridgehead atoms. The van der Waals surface area contributed by atoms with Gasteiger partial charge in [-0.25, -0.2) is 4.98 Å². The second kappa shape index (κ2) is 5.69. The number of nitrogens with one attached hydrogen (secondary N) is 1. The molecule has 0 fully saturated rings. The Morgan fingerprint density at radius 1 is 1.11 bits per heavy atom. The van der Waals surface area contributed by atoms with Crippen LogP contribution < -0.4 is 10.1 Å². The fourth-order valence-corrected chi connectivity index (χ4v) is 1.89. The molecule has 0 unspecified atom stereocenters. The lowest BCUT2D eigenvalue weighted by molar-refractivity contribution is 0.456. The van der Waals surface area contributed by atoms with Crippen LogP contribution in [0.25, 0.3) is 0 Å². The van der Waals surface area contributed by atoms with E-state index in [9.17, 15) is 0 Å². The van der Waals surface area contributed by atoms with Crippen molar-refractivity contribution >= 4 is 5.82 Å². The van der Waals surface area contributed by atoms with Crippen LogP contribution in [0.1, 0.15) is 23.9 Å². The Morgan fingerprint density at radius 2 is 1.89 bits per heavy atom. The highest BCUT2D eigenvalue weighted by Gasteiger charge is 2.06. The third-order valence-electron chi connectivity index (χ3n) is 2.72. The van der Waals surface area contributed by atoms with Gasteiger partial charge in [-0.05, 0) is 39.3 Å². The summed E-state index contributed by atoms with van der Waals surface area (Å²) in [5.41, 5.74) is 2.32. The minimum Gasteiger partial charge on any atom is -0.439 e. The maximum Gasteiger partial charge on any atom is 0.224 e. The third-order valence-corrected chi connectivity index (χ3v) is 2.72. The Labute approximate surface area is 113 Å². The van der Waals surface area contributed by atoms with Crippen LogP contribution in [-0.2, 0) is 0 Å². The van der Waals surface area contributed by atoms with Crippen molar-refractivity contribution in [1.82, 2.24) is 9.97 Å². The molecule has 1 aromatic heterocycles. The monoisotopic (exact) mass is 257 g/mol. The molecule has 4 heteroatoms. The van der Waals surface area contributed by atoms with E-state index in [2.05, 4.69) is 28.3 Å². The highest BCUT2D eigenvalue weighted by atomic mass is 16.5. The minimum absolute atomic E-state index is 0.565.